The molecule has 20 heavy (non-hydrogen) atoms. The van der Waals surface area contributed by atoms with Gasteiger partial charge in [-0.1, -0.05) is 12.1 Å². The first-order chi connectivity index (χ1) is 9.63. The molecule has 0 atom stereocenters. The Bertz CT molecular complexity index is 571. The van der Waals surface area contributed by atoms with Crippen LogP contribution in [0, 0.1) is 0 Å². The van der Waals surface area contributed by atoms with Crippen LogP contribution >= 0.6 is 11.8 Å². The third-order valence-electron chi connectivity index (χ3n) is 3.10. The van der Waals surface area contributed by atoms with Crippen molar-refractivity contribution in [2.45, 2.75) is 17.7 Å². The largest absolute Gasteiger partial charge is 0.385 e. The molecule has 2 rings (SSSR count). The van der Waals surface area contributed by atoms with Gasteiger partial charge in [0.15, 0.2) is 0 Å². The van der Waals surface area contributed by atoms with E-state index in [1.54, 1.807) is 23.9 Å². The zero-order chi connectivity index (χ0) is 14.4. The number of rotatable bonds is 7. The van der Waals surface area contributed by atoms with Gasteiger partial charge < -0.3 is 5.32 Å². The lowest BCUT2D eigenvalue weighted by molar-refractivity contribution is 0.584. The standard InChI is InChI=1S/C14H20N2O2S2/c1-2-9-19-10-8-16-20(17,18)13-6-5-12-4-3-7-15-14(12)11-13/h2,5-6,11,15-16H,1,3-4,7-10H2. The van der Waals surface area contributed by atoms with Gasteiger partial charge in [0.1, 0.15) is 0 Å². The van der Waals surface area contributed by atoms with E-state index in [1.165, 1.54) is 5.56 Å². The maximum absolute atomic E-state index is 12.2. The van der Waals surface area contributed by atoms with Crippen LogP contribution in [0.2, 0.25) is 0 Å². The molecular formula is C14H20N2O2S2. The Hall–Kier alpha value is -0.980. The lowest BCUT2D eigenvalue weighted by Crippen LogP contribution is -2.26. The second kappa shape index (κ2) is 7.15. The van der Waals surface area contributed by atoms with Crippen LogP contribution < -0.4 is 10.0 Å². The zero-order valence-electron chi connectivity index (χ0n) is 11.4. The van der Waals surface area contributed by atoms with Crippen molar-refractivity contribution in [3.8, 4) is 0 Å². The summed E-state index contributed by atoms with van der Waals surface area (Å²) in [5.74, 6) is 1.58. The van der Waals surface area contributed by atoms with E-state index in [0.29, 0.717) is 11.4 Å². The average molecular weight is 312 g/mol. The molecule has 0 bridgehead atoms. The number of fused-ring (bicyclic) bond motifs is 1. The minimum atomic E-state index is -3.41. The molecular weight excluding hydrogens is 292 g/mol. The summed E-state index contributed by atoms with van der Waals surface area (Å²) in [4.78, 5) is 0.333. The minimum absolute atomic E-state index is 0.333. The predicted octanol–water partition coefficient (Wildman–Crippen LogP) is 2.24. The highest BCUT2D eigenvalue weighted by molar-refractivity contribution is 7.99. The van der Waals surface area contributed by atoms with E-state index in [1.807, 2.05) is 12.1 Å². The van der Waals surface area contributed by atoms with Crippen molar-refractivity contribution < 1.29 is 8.42 Å². The molecule has 0 saturated heterocycles. The molecule has 0 saturated carbocycles. The number of anilines is 1. The SMILES string of the molecule is C=CCSCCNS(=O)(=O)c1ccc2c(c1)NCCC2. The molecule has 0 spiro atoms. The normalized spacial score (nSPS) is 14.4. The molecule has 0 unspecified atom stereocenters. The number of aryl methyl sites for hydroxylation is 1. The van der Waals surface area contributed by atoms with Crippen LogP contribution in [0.15, 0.2) is 35.7 Å². The molecule has 0 amide bonds. The number of benzene rings is 1. The smallest absolute Gasteiger partial charge is 0.240 e. The highest BCUT2D eigenvalue weighted by Gasteiger charge is 2.16. The van der Waals surface area contributed by atoms with Crippen molar-refractivity contribution in [3.63, 3.8) is 0 Å². The Morgan fingerprint density at radius 1 is 1.45 bits per heavy atom. The number of nitrogens with one attached hydrogen (secondary N) is 2. The zero-order valence-corrected chi connectivity index (χ0v) is 13.0. The maximum Gasteiger partial charge on any atom is 0.240 e. The molecule has 1 aliphatic heterocycles. The van der Waals surface area contributed by atoms with E-state index in [-0.39, 0.29) is 0 Å². The molecule has 4 nitrogen and oxygen atoms in total. The third-order valence-corrected chi connectivity index (χ3v) is 5.53. The summed E-state index contributed by atoms with van der Waals surface area (Å²) >= 11 is 1.65. The van der Waals surface area contributed by atoms with Crippen LogP contribution in [0.4, 0.5) is 5.69 Å². The summed E-state index contributed by atoms with van der Waals surface area (Å²) in [6.07, 6.45) is 3.92. The fraction of sp³-hybridized carbons (Fsp3) is 0.429. The van der Waals surface area contributed by atoms with Crippen molar-refractivity contribution in [1.29, 1.82) is 0 Å². The quantitative estimate of drug-likeness (QED) is 0.599. The van der Waals surface area contributed by atoms with Crippen LogP contribution in [-0.2, 0) is 16.4 Å². The van der Waals surface area contributed by atoms with E-state index in [2.05, 4.69) is 16.6 Å². The summed E-state index contributed by atoms with van der Waals surface area (Å²) in [6.45, 7) is 4.97. The van der Waals surface area contributed by atoms with E-state index in [0.717, 1.165) is 36.6 Å². The van der Waals surface area contributed by atoms with Gasteiger partial charge in [0, 0.05) is 30.3 Å². The molecule has 2 N–H and O–H groups in total. The van der Waals surface area contributed by atoms with Gasteiger partial charge in [0.2, 0.25) is 10.0 Å². The molecule has 0 aromatic heterocycles. The van der Waals surface area contributed by atoms with Gasteiger partial charge in [0.25, 0.3) is 0 Å². The van der Waals surface area contributed by atoms with E-state index < -0.39 is 10.0 Å². The van der Waals surface area contributed by atoms with Crippen LogP contribution in [0.5, 0.6) is 0 Å². The molecule has 6 heteroatoms. The first-order valence-corrected chi connectivity index (χ1v) is 9.32. The summed E-state index contributed by atoms with van der Waals surface area (Å²) in [5.41, 5.74) is 2.14. The lowest BCUT2D eigenvalue weighted by atomic mass is 10.0. The summed E-state index contributed by atoms with van der Waals surface area (Å²) in [5, 5.41) is 3.25. The number of sulfonamides is 1. The third kappa shape index (κ3) is 4.01. The Morgan fingerprint density at radius 2 is 2.30 bits per heavy atom. The van der Waals surface area contributed by atoms with Crippen molar-refractivity contribution in [2.24, 2.45) is 0 Å². The number of thioether (sulfide) groups is 1. The van der Waals surface area contributed by atoms with Gasteiger partial charge in [0.05, 0.1) is 4.90 Å². The molecule has 1 aromatic carbocycles. The first-order valence-electron chi connectivity index (χ1n) is 6.68. The van der Waals surface area contributed by atoms with Crippen molar-refractivity contribution in [3.05, 3.63) is 36.4 Å². The highest BCUT2D eigenvalue weighted by atomic mass is 32.2. The summed E-state index contributed by atoms with van der Waals surface area (Å²) < 4.78 is 27.0. The molecule has 0 fully saturated rings. The molecule has 1 aromatic rings. The Kier molecular flexibility index (Phi) is 5.51. The maximum atomic E-state index is 12.2. The fourth-order valence-electron chi connectivity index (χ4n) is 2.11. The van der Waals surface area contributed by atoms with E-state index >= 15 is 0 Å². The van der Waals surface area contributed by atoms with Gasteiger partial charge in [-0.3, -0.25) is 0 Å². The van der Waals surface area contributed by atoms with Crippen LogP contribution in [0.25, 0.3) is 0 Å². The van der Waals surface area contributed by atoms with E-state index in [9.17, 15) is 8.42 Å². The topological polar surface area (TPSA) is 58.2 Å². The second-order valence-electron chi connectivity index (χ2n) is 4.61. The first kappa shape index (κ1) is 15.4. The highest BCUT2D eigenvalue weighted by Crippen LogP contribution is 2.25. The molecule has 0 radical (unpaired) electrons. The van der Waals surface area contributed by atoms with Gasteiger partial charge in [-0.2, -0.15) is 11.8 Å². The van der Waals surface area contributed by atoms with Crippen LogP contribution in [-0.4, -0.2) is 33.0 Å². The van der Waals surface area contributed by atoms with Crippen molar-refractivity contribution in [1.82, 2.24) is 4.72 Å². The van der Waals surface area contributed by atoms with Crippen molar-refractivity contribution in [2.75, 3.05) is 29.9 Å². The lowest BCUT2D eigenvalue weighted by Gasteiger charge is -2.18. The summed E-state index contributed by atoms with van der Waals surface area (Å²) in [6, 6.07) is 5.32. The van der Waals surface area contributed by atoms with Gasteiger partial charge in [-0.05, 0) is 30.5 Å². The Balaban J connectivity index is 2.00. The predicted molar refractivity (Wildman–Crippen MR) is 86.0 cm³/mol. The second-order valence-corrected chi connectivity index (χ2v) is 7.53. The monoisotopic (exact) mass is 312 g/mol. The average Bonchev–Trinajstić information content (AvgIpc) is 2.46. The van der Waals surface area contributed by atoms with Gasteiger partial charge in [-0.15, -0.1) is 6.58 Å². The number of hydrogen-bond acceptors (Lipinski definition) is 4. The number of hydrogen-bond donors (Lipinski definition) is 2. The van der Waals surface area contributed by atoms with E-state index in [4.69, 9.17) is 0 Å². The molecule has 0 aliphatic carbocycles. The Labute approximate surface area is 125 Å². The fourth-order valence-corrected chi connectivity index (χ4v) is 3.87. The van der Waals surface area contributed by atoms with Crippen LogP contribution in [0.1, 0.15) is 12.0 Å². The molecule has 110 valence electrons. The molecule has 1 aliphatic rings. The van der Waals surface area contributed by atoms with Gasteiger partial charge >= 0.3 is 0 Å². The minimum Gasteiger partial charge on any atom is -0.385 e. The Morgan fingerprint density at radius 3 is 3.10 bits per heavy atom. The van der Waals surface area contributed by atoms with Gasteiger partial charge in [-0.25, -0.2) is 13.1 Å². The van der Waals surface area contributed by atoms with Crippen LogP contribution in [0.3, 0.4) is 0 Å². The summed E-state index contributed by atoms with van der Waals surface area (Å²) in [7, 11) is -3.41. The molecule has 1 heterocycles. The van der Waals surface area contributed by atoms with Crippen molar-refractivity contribution >= 4 is 27.5 Å².